The van der Waals surface area contributed by atoms with Crippen molar-refractivity contribution in [1.82, 2.24) is 25.2 Å². The lowest BCUT2D eigenvalue weighted by Gasteiger charge is -2.27. The lowest BCUT2D eigenvalue weighted by Crippen LogP contribution is -2.54. The Bertz CT molecular complexity index is 1330. The summed E-state index contributed by atoms with van der Waals surface area (Å²) in [4.78, 5) is 50.4. The molecular weight excluding hydrogens is 410 g/mol. The summed E-state index contributed by atoms with van der Waals surface area (Å²) < 4.78 is 1.65. The molecule has 0 spiro atoms. The van der Waals surface area contributed by atoms with Crippen LogP contribution in [-0.2, 0) is 9.59 Å². The van der Waals surface area contributed by atoms with Crippen molar-refractivity contribution < 1.29 is 19.2 Å². The molecule has 1 aromatic heterocycles. The van der Waals surface area contributed by atoms with E-state index in [9.17, 15) is 19.2 Å². The van der Waals surface area contributed by atoms with Gasteiger partial charge in [0.25, 0.3) is 11.8 Å². The molecule has 5 rings (SSSR count). The lowest BCUT2D eigenvalue weighted by atomic mass is 10.0. The largest absolute Gasteiger partial charge is 0.295 e. The summed E-state index contributed by atoms with van der Waals surface area (Å²) in [5.41, 5.74) is 4.79. The van der Waals surface area contributed by atoms with Crippen LogP contribution in [0, 0.1) is 13.8 Å². The van der Waals surface area contributed by atoms with Gasteiger partial charge in [-0.2, -0.15) is 0 Å². The summed E-state index contributed by atoms with van der Waals surface area (Å²) in [6.07, 6.45) is 1.95. The van der Waals surface area contributed by atoms with E-state index in [1.807, 2.05) is 32.0 Å². The van der Waals surface area contributed by atoms with Crippen molar-refractivity contribution in [3.05, 3.63) is 64.8 Å². The van der Waals surface area contributed by atoms with E-state index in [2.05, 4.69) is 15.6 Å². The molecule has 1 N–H and O–H groups in total. The van der Waals surface area contributed by atoms with Gasteiger partial charge in [0.05, 0.1) is 23.0 Å². The number of fused-ring (bicyclic) bond motifs is 1. The third-order valence-electron chi connectivity index (χ3n) is 5.98. The molecular formula is C23H19N5O4. The van der Waals surface area contributed by atoms with Gasteiger partial charge in [0.1, 0.15) is 11.7 Å². The first-order valence-electron chi connectivity index (χ1n) is 10.2. The van der Waals surface area contributed by atoms with Crippen molar-refractivity contribution in [2.45, 2.75) is 32.7 Å². The predicted molar refractivity (Wildman–Crippen MR) is 113 cm³/mol. The van der Waals surface area contributed by atoms with E-state index < -0.39 is 29.7 Å². The van der Waals surface area contributed by atoms with E-state index >= 15 is 0 Å². The van der Waals surface area contributed by atoms with Gasteiger partial charge in [0.15, 0.2) is 0 Å². The van der Waals surface area contributed by atoms with E-state index in [0.29, 0.717) is 11.3 Å². The summed E-state index contributed by atoms with van der Waals surface area (Å²) in [6, 6.07) is 9.83. The zero-order chi connectivity index (χ0) is 22.6. The number of imide groups is 2. The van der Waals surface area contributed by atoms with E-state index in [-0.39, 0.29) is 24.0 Å². The van der Waals surface area contributed by atoms with Crippen molar-refractivity contribution in [3.63, 3.8) is 0 Å². The van der Waals surface area contributed by atoms with Gasteiger partial charge in [-0.05, 0) is 55.7 Å². The molecule has 9 nitrogen and oxygen atoms in total. The standard InChI is InChI=1S/C23H19N5O4/c1-12-3-5-15(9-13(12)2)27-11-18(25-26-27)14-4-6-16-17(10-14)23(32)28(22(16)31)19-7-8-20(29)24-21(19)30/h3-6,9-11,19H,7-8H2,1-2H3,(H,24,29,30). The molecule has 1 saturated heterocycles. The Labute approximate surface area is 183 Å². The van der Waals surface area contributed by atoms with Crippen LogP contribution in [-0.4, -0.2) is 49.6 Å². The monoisotopic (exact) mass is 429 g/mol. The second kappa shape index (κ2) is 7.23. The first kappa shape index (κ1) is 19.8. The summed E-state index contributed by atoms with van der Waals surface area (Å²) >= 11 is 0. The Morgan fingerprint density at radius 2 is 1.72 bits per heavy atom. The number of carbonyl (C=O) groups is 4. The summed E-state index contributed by atoms with van der Waals surface area (Å²) in [5, 5.41) is 10.6. The van der Waals surface area contributed by atoms with Crippen LogP contribution in [0.25, 0.3) is 16.9 Å². The van der Waals surface area contributed by atoms with Gasteiger partial charge in [-0.3, -0.25) is 29.4 Å². The Kier molecular flexibility index (Phi) is 4.47. The highest BCUT2D eigenvalue weighted by molar-refractivity contribution is 6.23. The molecule has 1 atom stereocenters. The third-order valence-corrected chi connectivity index (χ3v) is 5.98. The van der Waals surface area contributed by atoms with Crippen LogP contribution in [0.1, 0.15) is 44.7 Å². The number of aryl methyl sites for hydroxylation is 2. The highest BCUT2D eigenvalue weighted by Gasteiger charge is 2.44. The lowest BCUT2D eigenvalue weighted by molar-refractivity contribution is -0.136. The topological polar surface area (TPSA) is 114 Å². The van der Waals surface area contributed by atoms with Gasteiger partial charge in [0.2, 0.25) is 11.8 Å². The van der Waals surface area contributed by atoms with Crippen LogP contribution < -0.4 is 5.32 Å². The quantitative estimate of drug-likeness (QED) is 0.637. The molecule has 1 fully saturated rings. The number of hydrogen-bond acceptors (Lipinski definition) is 6. The van der Waals surface area contributed by atoms with Crippen molar-refractivity contribution in [2.75, 3.05) is 0 Å². The molecule has 1 unspecified atom stereocenters. The summed E-state index contributed by atoms with van der Waals surface area (Å²) in [5.74, 6) is -2.13. The van der Waals surface area contributed by atoms with Crippen molar-refractivity contribution in [1.29, 1.82) is 0 Å². The predicted octanol–water partition coefficient (Wildman–Crippen LogP) is 1.95. The fourth-order valence-electron chi connectivity index (χ4n) is 4.02. The number of rotatable bonds is 3. The molecule has 0 bridgehead atoms. The number of hydrogen-bond donors (Lipinski definition) is 1. The summed E-state index contributed by atoms with van der Waals surface area (Å²) in [7, 11) is 0. The molecule has 32 heavy (non-hydrogen) atoms. The molecule has 3 heterocycles. The maximum Gasteiger partial charge on any atom is 0.262 e. The van der Waals surface area contributed by atoms with Gasteiger partial charge in [0, 0.05) is 12.0 Å². The number of aromatic nitrogens is 3. The van der Waals surface area contributed by atoms with Crippen LogP contribution in [0.2, 0.25) is 0 Å². The molecule has 9 heteroatoms. The highest BCUT2D eigenvalue weighted by Crippen LogP contribution is 2.31. The molecule has 3 aromatic rings. The van der Waals surface area contributed by atoms with E-state index in [1.54, 1.807) is 29.1 Å². The zero-order valence-corrected chi connectivity index (χ0v) is 17.5. The zero-order valence-electron chi connectivity index (χ0n) is 17.5. The average molecular weight is 429 g/mol. The first-order chi connectivity index (χ1) is 15.3. The van der Waals surface area contributed by atoms with Crippen LogP contribution >= 0.6 is 0 Å². The Morgan fingerprint density at radius 1 is 0.938 bits per heavy atom. The second-order valence-electron chi connectivity index (χ2n) is 8.02. The number of carbonyl (C=O) groups excluding carboxylic acids is 4. The van der Waals surface area contributed by atoms with E-state index in [4.69, 9.17) is 0 Å². The molecule has 4 amide bonds. The Balaban J connectivity index is 1.45. The van der Waals surface area contributed by atoms with Crippen LogP contribution in [0.3, 0.4) is 0 Å². The van der Waals surface area contributed by atoms with Crippen molar-refractivity contribution in [2.24, 2.45) is 0 Å². The SMILES string of the molecule is Cc1ccc(-n2cc(-c3ccc4c(c3)C(=O)N(C3CCC(=O)NC3=O)C4=O)nn2)cc1C. The fourth-order valence-corrected chi connectivity index (χ4v) is 4.02. The van der Waals surface area contributed by atoms with Gasteiger partial charge in [-0.1, -0.05) is 17.3 Å². The third kappa shape index (κ3) is 3.09. The summed E-state index contributed by atoms with van der Waals surface area (Å²) in [6.45, 7) is 4.06. The van der Waals surface area contributed by atoms with Crippen LogP contribution in [0.4, 0.5) is 0 Å². The molecule has 0 aliphatic carbocycles. The van der Waals surface area contributed by atoms with Gasteiger partial charge in [-0.25, -0.2) is 4.68 Å². The molecule has 160 valence electrons. The molecule has 2 aromatic carbocycles. The van der Waals surface area contributed by atoms with E-state index in [1.165, 1.54) is 5.56 Å². The van der Waals surface area contributed by atoms with Gasteiger partial charge < -0.3 is 0 Å². The number of nitrogens with one attached hydrogen (secondary N) is 1. The first-order valence-corrected chi connectivity index (χ1v) is 10.2. The van der Waals surface area contributed by atoms with Crippen molar-refractivity contribution in [3.8, 4) is 16.9 Å². The molecule has 0 radical (unpaired) electrons. The molecule has 0 saturated carbocycles. The minimum absolute atomic E-state index is 0.0800. The number of nitrogens with zero attached hydrogens (tertiary/aromatic N) is 4. The number of piperidine rings is 1. The minimum atomic E-state index is -0.991. The maximum absolute atomic E-state index is 13.0. The normalized spacial score (nSPS) is 18.2. The van der Waals surface area contributed by atoms with Gasteiger partial charge >= 0.3 is 0 Å². The Morgan fingerprint density at radius 3 is 2.47 bits per heavy atom. The Hall–Kier alpha value is -4.14. The van der Waals surface area contributed by atoms with Crippen molar-refractivity contribution >= 4 is 23.6 Å². The average Bonchev–Trinajstić information content (AvgIpc) is 3.35. The smallest absolute Gasteiger partial charge is 0.262 e. The fraction of sp³-hybridized carbons (Fsp3) is 0.217. The molecule has 2 aliphatic rings. The van der Waals surface area contributed by atoms with E-state index in [0.717, 1.165) is 16.2 Å². The highest BCUT2D eigenvalue weighted by atomic mass is 16.2. The molecule has 2 aliphatic heterocycles. The van der Waals surface area contributed by atoms with Crippen LogP contribution in [0.5, 0.6) is 0 Å². The van der Waals surface area contributed by atoms with Gasteiger partial charge in [-0.15, -0.1) is 5.10 Å². The maximum atomic E-state index is 13.0. The minimum Gasteiger partial charge on any atom is -0.295 e. The number of benzene rings is 2. The van der Waals surface area contributed by atoms with Crippen LogP contribution in [0.15, 0.2) is 42.6 Å². The number of amides is 4. The second-order valence-corrected chi connectivity index (χ2v) is 8.02.